The van der Waals surface area contributed by atoms with E-state index in [0.717, 1.165) is 15.6 Å². The quantitative estimate of drug-likeness (QED) is 0.443. The highest BCUT2D eigenvalue weighted by molar-refractivity contribution is 6.31. The van der Waals surface area contributed by atoms with Crippen LogP contribution in [0.15, 0.2) is 66.7 Å². The van der Waals surface area contributed by atoms with Crippen LogP contribution >= 0.6 is 23.2 Å². The molecule has 0 spiro atoms. The fourth-order valence-corrected chi connectivity index (χ4v) is 3.23. The molecule has 24 heavy (non-hydrogen) atoms. The fourth-order valence-electron chi connectivity index (χ4n) is 2.97. The first-order chi connectivity index (χ1) is 11.4. The minimum absolute atomic E-state index is 0.0391. The summed E-state index contributed by atoms with van der Waals surface area (Å²) >= 11 is 12.2. The predicted octanol–water partition coefficient (Wildman–Crippen LogP) is 7.62. The van der Waals surface area contributed by atoms with Crippen LogP contribution in [-0.2, 0) is 5.41 Å². The Balaban J connectivity index is 2.29. The van der Waals surface area contributed by atoms with E-state index in [-0.39, 0.29) is 5.41 Å². The minimum atomic E-state index is 0.0391. The molecule has 0 nitrogen and oxygen atoms in total. The molecule has 0 aliphatic rings. The lowest BCUT2D eigenvalue weighted by Crippen LogP contribution is -2.13. The lowest BCUT2D eigenvalue weighted by molar-refractivity contribution is 0.592. The average Bonchev–Trinajstić information content (AvgIpc) is 2.55. The summed E-state index contributed by atoms with van der Waals surface area (Å²) in [5.41, 5.74) is 6.16. The van der Waals surface area contributed by atoms with Gasteiger partial charge in [0.15, 0.2) is 0 Å². The van der Waals surface area contributed by atoms with Gasteiger partial charge in [0.25, 0.3) is 0 Å². The molecule has 0 aliphatic heterocycles. The zero-order valence-corrected chi connectivity index (χ0v) is 15.6. The second-order valence-corrected chi connectivity index (χ2v) is 7.86. The summed E-state index contributed by atoms with van der Waals surface area (Å²) in [7, 11) is 0. The van der Waals surface area contributed by atoms with Crippen LogP contribution in [0.25, 0.3) is 22.3 Å². The third kappa shape index (κ3) is 3.50. The molecule has 0 bridgehead atoms. The Hall–Kier alpha value is -1.76. The molecule has 0 aromatic heterocycles. The van der Waals surface area contributed by atoms with E-state index in [4.69, 9.17) is 23.2 Å². The van der Waals surface area contributed by atoms with Crippen LogP contribution in [0, 0.1) is 0 Å². The van der Waals surface area contributed by atoms with E-state index in [1.54, 1.807) is 0 Å². The Labute approximate surface area is 154 Å². The van der Waals surface area contributed by atoms with Crippen molar-refractivity contribution in [1.29, 1.82) is 0 Å². The molecule has 3 rings (SSSR count). The molecular formula is C22H20Cl2. The third-order valence-electron chi connectivity index (χ3n) is 4.16. The molecule has 122 valence electrons. The van der Waals surface area contributed by atoms with Crippen molar-refractivity contribution in [1.82, 2.24) is 0 Å². The molecule has 0 radical (unpaired) electrons. The summed E-state index contributed by atoms with van der Waals surface area (Å²) in [4.78, 5) is 0. The maximum Gasteiger partial charge on any atom is 0.0406 e. The average molecular weight is 355 g/mol. The molecule has 0 fully saturated rings. The molecule has 3 aromatic rings. The lowest BCUT2D eigenvalue weighted by Gasteiger charge is -2.25. The number of hydrogen-bond acceptors (Lipinski definition) is 0. The molecule has 0 heterocycles. The Morgan fingerprint density at radius 1 is 0.625 bits per heavy atom. The second-order valence-electron chi connectivity index (χ2n) is 6.99. The number of benzene rings is 3. The first-order valence-electron chi connectivity index (χ1n) is 8.01. The van der Waals surface area contributed by atoms with E-state index in [1.165, 1.54) is 22.3 Å². The summed E-state index contributed by atoms with van der Waals surface area (Å²) in [6, 6.07) is 22.6. The van der Waals surface area contributed by atoms with E-state index in [2.05, 4.69) is 63.2 Å². The van der Waals surface area contributed by atoms with Crippen molar-refractivity contribution in [2.45, 2.75) is 26.2 Å². The van der Waals surface area contributed by atoms with Crippen LogP contribution < -0.4 is 0 Å². The Morgan fingerprint density at radius 2 is 1.12 bits per heavy atom. The van der Waals surface area contributed by atoms with Gasteiger partial charge in [0, 0.05) is 10.0 Å². The summed E-state index contributed by atoms with van der Waals surface area (Å²) in [6.07, 6.45) is 0. The van der Waals surface area contributed by atoms with E-state index in [1.807, 2.05) is 24.3 Å². The molecule has 0 saturated heterocycles. The Bertz CT molecular complexity index is 839. The van der Waals surface area contributed by atoms with Gasteiger partial charge in [0.2, 0.25) is 0 Å². The van der Waals surface area contributed by atoms with Gasteiger partial charge < -0.3 is 0 Å². The van der Waals surface area contributed by atoms with Gasteiger partial charge in [0.05, 0.1) is 0 Å². The van der Waals surface area contributed by atoms with Gasteiger partial charge in [-0.05, 0) is 57.5 Å². The van der Waals surface area contributed by atoms with Crippen molar-refractivity contribution < 1.29 is 0 Å². The van der Waals surface area contributed by atoms with Crippen LogP contribution in [0.3, 0.4) is 0 Å². The highest BCUT2D eigenvalue weighted by atomic mass is 35.5. The van der Waals surface area contributed by atoms with E-state index in [0.29, 0.717) is 0 Å². The summed E-state index contributed by atoms with van der Waals surface area (Å²) in [5.74, 6) is 0. The molecule has 0 unspecified atom stereocenters. The van der Waals surface area contributed by atoms with Gasteiger partial charge in [-0.1, -0.05) is 86.4 Å². The van der Waals surface area contributed by atoms with Crippen LogP contribution in [0.2, 0.25) is 10.0 Å². The number of halogens is 2. The van der Waals surface area contributed by atoms with E-state index >= 15 is 0 Å². The lowest BCUT2D eigenvalue weighted by atomic mass is 9.79. The van der Waals surface area contributed by atoms with Gasteiger partial charge in [-0.3, -0.25) is 0 Å². The standard InChI is InChI=1S/C22H20Cl2/c1-22(2,3)20-6-4-5-19(15-7-11-17(23)12-8-15)21(20)16-9-13-18(24)14-10-16/h4-14H,1-3H3. The smallest absolute Gasteiger partial charge is 0.0406 e. The predicted molar refractivity (Wildman–Crippen MR) is 106 cm³/mol. The van der Waals surface area contributed by atoms with Crippen LogP contribution in [-0.4, -0.2) is 0 Å². The largest absolute Gasteiger partial charge is 0.0843 e. The number of hydrogen-bond donors (Lipinski definition) is 0. The molecule has 0 saturated carbocycles. The first kappa shape index (κ1) is 17.1. The van der Waals surface area contributed by atoms with Gasteiger partial charge in [-0.15, -0.1) is 0 Å². The van der Waals surface area contributed by atoms with Gasteiger partial charge in [0.1, 0.15) is 0 Å². The maximum atomic E-state index is 6.09. The highest BCUT2D eigenvalue weighted by Crippen LogP contribution is 2.40. The van der Waals surface area contributed by atoms with E-state index in [9.17, 15) is 0 Å². The molecule has 0 N–H and O–H groups in total. The Morgan fingerprint density at radius 3 is 1.62 bits per heavy atom. The van der Waals surface area contributed by atoms with Crippen molar-refractivity contribution in [3.8, 4) is 22.3 Å². The van der Waals surface area contributed by atoms with Crippen molar-refractivity contribution in [3.63, 3.8) is 0 Å². The highest BCUT2D eigenvalue weighted by Gasteiger charge is 2.21. The topological polar surface area (TPSA) is 0 Å². The molecule has 3 aromatic carbocycles. The molecule has 0 atom stereocenters. The van der Waals surface area contributed by atoms with Gasteiger partial charge in [-0.25, -0.2) is 0 Å². The second kappa shape index (κ2) is 6.63. The Kier molecular flexibility index (Phi) is 4.71. The van der Waals surface area contributed by atoms with Crippen LogP contribution in [0.1, 0.15) is 26.3 Å². The summed E-state index contributed by atoms with van der Waals surface area (Å²) < 4.78 is 0. The molecule has 2 heteroatoms. The van der Waals surface area contributed by atoms with Crippen molar-refractivity contribution in [3.05, 3.63) is 82.3 Å². The number of rotatable bonds is 2. The normalized spacial score (nSPS) is 11.5. The van der Waals surface area contributed by atoms with Crippen LogP contribution in [0.4, 0.5) is 0 Å². The van der Waals surface area contributed by atoms with Gasteiger partial charge in [-0.2, -0.15) is 0 Å². The SMILES string of the molecule is CC(C)(C)c1cccc(-c2ccc(Cl)cc2)c1-c1ccc(Cl)cc1. The fraction of sp³-hybridized carbons (Fsp3) is 0.182. The molecule has 0 amide bonds. The maximum absolute atomic E-state index is 6.09. The van der Waals surface area contributed by atoms with Crippen molar-refractivity contribution in [2.75, 3.05) is 0 Å². The van der Waals surface area contributed by atoms with Crippen LogP contribution in [0.5, 0.6) is 0 Å². The molecular weight excluding hydrogens is 335 g/mol. The van der Waals surface area contributed by atoms with Crippen molar-refractivity contribution in [2.24, 2.45) is 0 Å². The summed E-state index contributed by atoms with van der Waals surface area (Å²) in [6.45, 7) is 6.73. The first-order valence-corrected chi connectivity index (χ1v) is 8.77. The van der Waals surface area contributed by atoms with E-state index < -0.39 is 0 Å². The molecule has 0 aliphatic carbocycles. The minimum Gasteiger partial charge on any atom is -0.0843 e. The zero-order chi connectivity index (χ0) is 17.3. The van der Waals surface area contributed by atoms with Gasteiger partial charge >= 0.3 is 0 Å². The third-order valence-corrected chi connectivity index (χ3v) is 4.66. The zero-order valence-electron chi connectivity index (χ0n) is 14.1. The van der Waals surface area contributed by atoms with Crippen molar-refractivity contribution >= 4 is 23.2 Å². The monoisotopic (exact) mass is 354 g/mol. The summed E-state index contributed by atoms with van der Waals surface area (Å²) in [5, 5.41) is 1.50.